The Balaban J connectivity index is 1.34. The number of carbonyl (C=O) groups excluding carboxylic acids is 3. The molecule has 4 rings (SSSR count). The first kappa shape index (κ1) is 20.8. The lowest BCUT2D eigenvalue weighted by molar-refractivity contribution is -0.170. The standard InChI is InChI=1S/C23H29FN2O4/c1-22(2)18-8-11-23(22,3)21(29)26(20(18)28)14-19(27)25-12-9-17(10-13-25)30-16-6-4-15(24)5-7-16/h4-7,17-18H,8-14H2,1-3H3/t18-,23-/m0/s1. The molecular weight excluding hydrogens is 387 g/mol. The number of hydrogen-bond donors (Lipinski definition) is 0. The normalized spacial score (nSPS) is 28.7. The molecule has 2 atom stereocenters. The summed E-state index contributed by atoms with van der Waals surface area (Å²) in [7, 11) is 0. The van der Waals surface area contributed by atoms with E-state index in [4.69, 9.17) is 4.74 Å². The fourth-order valence-corrected chi connectivity index (χ4v) is 5.21. The van der Waals surface area contributed by atoms with Crippen LogP contribution in [-0.4, -0.2) is 53.3 Å². The maximum absolute atomic E-state index is 13.1. The molecule has 1 saturated carbocycles. The zero-order chi connectivity index (χ0) is 21.7. The van der Waals surface area contributed by atoms with Gasteiger partial charge in [0.2, 0.25) is 17.7 Å². The smallest absolute Gasteiger partial charge is 0.242 e. The average Bonchev–Trinajstić information content (AvgIpc) is 2.91. The van der Waals surface area contributed by atoms with Crippen LogP contribution in [0.5, 0.6) is 5.75 Å². The highest BCUT2D eigenvalue weighted by molar-refractivity contribution is 6.06. The van der Waals surface area contributed by atoms with Gasteiger partial charge in [0.15, 0.2) is 0 Å². The molecule has 3 aliphatic rings. The Morgan fingerprint density at radius 1 is 1.10 bits per heavy atom. The SMILES string of the molecule is CC1(C)[C@H]2CC[C@@]1(C)C(=O)N(CC(=O)N1CCC(Oc3ccc(F)cc3)CC1)C2=O. The van der Waals surface area contributed by atoms with Gasteiger partial charge in [0.25, 0.3) is 0 Å². The number of benzene rings is 1. The van der Waals surface area contributed by atoms with Crippen LogP contribution < -0.4 is 4.74 Å². The van der Waals surface area contributed by atoms with Crippen molar-refractivity contribution >= 4 is 17.7 Å². The number of fused-ring (bicyclic) bond motifs is 2. The summed E-state index contributed by atoms with van der Waals surface area (Å²) in [6.07, 6.45) is 2.64. The van der Waals surface area contributed by atoms with Crippen molar-refractivity contribution in [2.45, 2.75) is 52.6 Å². The van der Waals surface area contributed by atoms with Crippen LogP contribution in [0, 0.1) is 22.6 Å². The van der Waals surface area contributed by atoms with E-state index in [1.165, 1.54) is 17.0 Å². The van der Waals surface area contributed by atoms with Gasteiger partial charge in [0, 0.05) is 31.8 Å². The monoisotopic (exact) mass is 416 g/mol. The molecule has 0 unspecified atom stereocenters. The third kappa shape index (κ3) is 3.28. The molecule has 1 aromatic rings. The predicted octanol–water partition coefficient (Wildman–Crippen LogP) is 3.01. The Morgan fingerprint density at radius 2 is 1.73 bits per heavy atom. The summed E-state index contributed by atoms with van der Waals surface area (Å²) in [6, 6.07) is 5.90. The Hall–Kier alpha value is -2.44. The number of carbonyl (C=O) groups is 3. The molecule has 2 saturated heterocycles. The first-order valence-corrected chi connectivity index (χ1v) is 10.7. The fraction of sp³-hybridized carbons (Fsp3) is 0.609. The van der Waals surface area contributed by atoms with Crippen molar-refractivity contribution in [3.63, 3.8) is 0 Å². The quantitative estimate of drug-likeness (QED) is 0.708. The molecule has 3 amide bonds. The molecule has 2 bridgehead atoms. The maximum Gasteiger partial charge on any atom is 0.242 e. The van der Waals surface area contributed by atoms with Crippen LogP contribution in [-0.2, 0) is 14.4 Å². The van der Waals surface area contributed by atoms with Crippen LogP contribution in [0.4, 0.5) is 4.39 Å². The van der Waals surface area contributed by atoms with Gasteiger partial charge in [0.1, 0.15) is 24.2 Å². The van der Waals surface area contributed by atoms with Crippen molar-refractivity contribution in [2.75, 3.05) is 19.6 Å². The summed E-state index contributed by atoms with van der Waals surface area (Å²) in [6.45, 7) is 6.75. The van der Waals surface area contributed by atoms with E-state index in [2.05, 4.69) is 0 Å². The maximum atomic E-state index is 13.1. The number of imide groups is 1. The Kier molecular flexibility index (Phi) is 5.11. The lowest BCUT2D eigenvalue weighted by Gasteiger charge is -2.47. The zero-order valence-electron chi connectivity index (χ0n) is 17.8. The lowest BCUT2D eigenvalue weighted by Crippen LogP contribution is -2.61. The number of ether oxygens (including phenoxy) is 1. The van der Waals surface area contributed by atoms with Crippen molar-refractivity contribution in [2.24, 2.45) is 16.7 Å². The van der Waals surface area contributed by atoms with Gasteiger partial charge in [-0.2, -0.15) is 0 Å². The molecular formula is C23H29FN2O4. The van der Waals surface area contributed by atoms with E-state index in [1.807, 2.05) is 20.8 Å². The van der Waals surface area contributed by atoms with Crippen molar-refractivity contribution in [1.82, 2.24) is 9.80 Å². The summed E-state index contributed by atoms with van der Waals surface area (Å²) in [5, 5.41) is 0. The number of hydrogen-bond acceptors (Lipinski definition) is 4. The molecule has 1 aliphatic carbocycles. The average molecular weight is 416 g/mol. The molecule has 7 heteroatoms. The molecule has 2 aliphatic heterocycles. The Bertz CT molecular complexity index is 860. The molecule has 30 heavy (non-hydrogen) atoms. The number of nitrogens with zero attached hydrogens (tertiary/aromatic N) is 2. The van der Waals surface area contributed by atoms with Crippen LogP contribution >= 0.6 is 0 Å². The Morgan fingerprint density at radius 3 is 2.37 bits per heavy atom. The van der Waals surface area contributed by atoms with E-state index in [0.717, 1.165) is 0 Å². The second-order valence-electron chi connectivity index (χ2n) is 9.53. The summed E-state index contributed by atoms with van der Waals surface area (Å²) in [4.78, 5) is 41.8. The van der Waals surface area contributed by atoms with Gasteiger partial charge in [0.05, 0.1) is 5.41 Å². The Labute approximate surface area is 176 Å². The van der Waals surface area contributed by atoms with Crippen molar-refractivity contribution in [1.29, 1.82) is 0 Å². The fourth-order valence-electron chi connectivity index (χ4n) is 5.21. The molecule has 0 spiro atoms. The third-order valence-electron chi connectivity index (χ3n) is 7.71. The number of rotatable bonds is 4. The van der Waals surface area contributed by atoms with E-state index in [1.54, 1.807) is 17.0 Å². The molecule has 0 radical (unpaired) electrons. The van der Waals surface area contributed by atoms with Gasteiger partial charge >= 0.3 is 0 Å². The zero-order valence-corrected chi connectivity index (χ0v) is 17.8. The summed E-state index contributed by atoms with van der Waals surface area (Å²) in [5.74, 6) is -0.522. The summed E-state index contributed by atoms with van der Waals surface area (Å²) < 4.78 is 18.9. The van der Waals surface area contributed by atoms with Crippen molar-refractivity contribution in [3.05, 3.63) is 30.1 Å². The number of likely N-dealkylation sites (tertiary alicyclic amines) is 2. The lowest BCUT2D eigenvalue weighted by atomic mass is 9.62. The first-order chi connectivity index (χ1) is 14.1. The van der Waals surface area contributed by atoms with Gasteiger partial charge < -0.3 is 9.64 Å². The molecule has 6 nitrogen and oxygen atoms in total. The van der Waals surface area contributed by atoms with Crippen LogP contribution in [0.25, 0.3) is 0 Å². The first-order valence-electron chi connectivity index (χ1n) is 10.7. The van der Waals surface area contributed by atoms with E-state index in [9.17, 15) is 18.8 Å². The second kappa shape index (κ2) is 7.36. The highest BCUT2D eigenvalue weighted by Gasteiger charge is 2.64. The van der Waals surface area contributed by atoms with E-state index in [-0.39, 0.29) is 47.5 Å². The molecule has 3 fully saturated rings. The van der Waals surface area contributed by atoms with Gasteiger partial charge in [-0.05, 0) is 42.5 Å². The minimum Gasteiger partial charge on any atom is -0.490 e. The minimum absolute atomic E-state index is 0.0479. The van der Waals surface area contributed by atoms with Gasteiger partial charge in [-0.3, -0.25) is 19.3 Å². The number of halogens is 1. The highest BCUT2D eigenvalue weighted by Crippen LogP contribution is 2.59. The van der Waals surface area contributed by atoms with Gasteiger partial charge in [-0.25, -0.2) is 4.39 Å². The molecule has 1 aromatic carbocycles. The summed E-state index contributed by atoms with van der Waals surface area (Å²) in [5.41, 5.74) is -0.974. The highest BCUT2D eigenvalue weighted by atomic mass is 19.1. The van der Waals surface area contributed by atoms with Crippen LogP contribution in [0.2, 0.25) is 0 Å². The summed E-state index contributed by atoms with van der Waals surface area (Å²) >= 11 is 0. The molecule has 162 valence electrons. The number of amides is 3. The molecule has 2 heterocycles. The molecule has 0 aromatic heterocycles. The minimum atomic E-state index is -0.595. The predicted molar refractivity (Wildman–Crippen MR) is 108 cm³/mol. The van der Waals surface area contributed by atoms with E-state index >= 15 is 0 Å². The van der Waals surface area contributed by atoms with Crippen molar-refractivity contribution < 1.29 is 23.5 Å². The number of piperidine rings is 2. The van der Waals surface area contributed by atoms with Crippen LogP contribution in [0.3, 0.4) is 0 Å². The third-order valence-corrected chi connectivity index (χ3v) is 7.71. The van der Waals surface area contributed by atoms with Crippen molar-refractivity contribution in [3.8, 4) is 5.75 Å². The topological polar surface area (TPSA) is 66.9 Å². The second-order valence-corrected chi connectivity index (χ2v) is 9.53. The molecule has 0 N–H and O–H groups in total. The van der Waals surface area contributed by atoms with Gasteiger partial charge in [-0.15, -0.1) is 0 Å². The van der Waals surface area contributed by atoms with Crippen LogP contribution in [0.1, 0.15) is 46.5 Å². The van der Waals surface area contributed by atoms with E-state index < -0.39 is 5.41 Å². The largest absolute Gasteiger partial charge is 0.490 e. The van der Waals surface area contributed by atoms with E-state index in [0.29, 0.717) is 44.5 Å². The van der Waals surface area contributed by atoms with Gasteiger partial charge in [-0.1, -0.05) is 20.8 Å². The van der Waals surface area contributed by atoms with Crippen LogP contribution in [0.15, 0.2) is 24.3 Å².